The van der Waals surface area contributed by atoms with Crippen LogP contribution in [0, 0.1) is 11.3 Å². The van der Waals surface area contributed by atoms with Gasteiger partial charge in [-0.05, 0) is 30.3 Å². The van der Waals surface area contributed by atoms with Gasteiger partial charge in [0.05, 0.1) is 17.3 Å². The Bertz CT molecular complexity index is 870. The number of pyridine rings is 1. The van der Waals surface area contributed by atoms with Gasteiger partial charge in [-0.2, -0.15) is 5.26 Å². The first-order chi connectivity index (χ1) is 11.8. The molecule has 2 aromatic heterocycles. The second-order valence-corrected chi connectivity index (χ2v) is 5.75. The maximum Gasteiger partial charge on any atom is 0.245 e. The maximum absolute atomic E-state index is 9.06. The van der Waals surface area contributed by atoms with Crippen LogP contribution < -0.4 is 4.90 Å². The quantitative estimate of drug-likeness (QED) is 0.726. The van der Waals surface area contributed by atoms with Gasteiger partial charge in [0.1, 0.15) is 11.5 Å². The average Bonchev–Trinajstić information content (AvgIpc) is 2.96. The van der Waals surface area contributed by atoms with Crippen molar-refractivity contribution >= 4 is 5.69 Å². The lowest BCUT2D eigenvalue weighted by molar-refractivity contribution is 0.516. The molecule has 0 bridgehead atoms. The van der Waals surface area contributed by atoms with E-state index in [1.54, 1.807) is 6.20 Å². The van der Waals surface area contributed by atoms with E-state index in [1.165, 1.54) is 0 Å². The van der Waals surface area contributed by atoms with Crippen molar-refractivity contribution in [2.45, 2.75) is 12.8 Å². The molecule has 0 unspecified atom stereocenters. The van der Waals surface area contributed by atoms with Gasteiger partial charge < -0.3 is 9.32 Å². The van der Waals surface area contributed by atoms with Gasteiger partial charge in [0.15, 0.2) is 0 Å². The van der Waals surface area contributed by atoms with E-state index in [0.29, 0.717) is 11.5 Å². The first-order valence-corrected chi connectivity index (χ1v) is 7.98. The molecular weight excluding hydrogens is 300 g/mol. The van der Waals surface area contributed by atoms with Gasteiger partial charge >= 0.3 is 0 Å². The third-order valence-electron chi connectivity index (χ3n) is 4.23. The zero-order chi connectivity index (χ0) is 16.4. The Labute approximate surface area is 140 Å². The van der Waals surface area contributed by atoms with Gasteiger partial charge in [0, 0.05) is 37.8 Å². The Hall–Kier alpha value is -3.13. The summed E-state index contributed by atoms with van der Waals surface area (Å²) in [5.74, 6) is 1.54. The number of anilines is 1. The molecule has 0 aliphatic carbocycles. The topological polar surface area (TPSA) is 66.0 Å². The second-order valence-electron chi connectivity index (χ2n) is 5.75. The van der Waals surface area contributed by atoms with Crippen molar-refractivity contribution in [2.75, 3.05) is 18.0 Å². The van der Waals surface area contributed by atoms with Crippen molar-refractivity contribution in [3.05, 3.63) is 65.7 Å². The third kappa shape index (κ3) is 2.74. The molecule has 5 nitrogen and oxygen atoms in total. The SMILES string of the molecule is N#Cc1cccc(N2CCc3nc(-c4ccccn4)oc3CC2)c1. The predicted molar refractivity (Wildman–Crippen MR) is 90.5 cm³/mol. The highest BCUT2D eigenvalue weighted by Gasteiger charge is 2.21. The molecule has 118 valence electrons. The number of nitriles is 1. The highest BCUT2D eigenvalue weighted by molar-refractivity contribution is 5.52. The Morgan fingerprint density at radius 3 is 2.83 bits per heavy atom. The molecule has 0 N–H and O–H groups in total. The smallest absolute Gasteiger partial charge is 0.245 e. The summed E-state index contributed by atoms with van der Waals surface area (Å²) in [6.07, 6.45) is 3.36. The highest BCUT2D eigenvalue weighted by Crippen LogP contribution is 2.25. The van der Waals surface area contributed by atoms with Gasteiger partial charge in [0.25, 0.3) is 0 Å². The van der Waals surface area contributed by atoms with Gasteiger partial charge in [-0.1, -0.05) is 12.1 Å². The van der Waals surface area contributed by atoms with Crippen LogP contribution in [-0.4, -0.2) is 23.1 Å². The van der Waals surface area contributed by atoms with E-state index < -0.39 is 0 Å². The molecule has 24 heavy (non-hydrogen) atoms. The van der Waals surface area contributed by atoms with Crippen molar-refractivity contribution in [1.82, 2.24) is 9.97 Å². The molecule has 0 amide bonds. The molecule has 0 spiro atoms. The van der Waals surface area contributed by atoms with E-state index in [2.05, 4.69) is 20.9 Å². The number of hydrogen-bond donors (Lipinski definition) is 0. The summed E-state index contributed by atoms with van der Waals surface area (Å²) in [6.45, 7) is 1.70. The van der Waals surface area contributed by atoms with Crippen LogP contribution in [0.1, 0.15) is 17.0 Å². The van der Waals surface area contributed by atoms with Crippen LogP contribution in [0.3, 0.4) is 0 Å². The van der Waals surface area contributed by atoms with E-state index in [9.17, 15) is 0 Å². The van der Waals surface area contributed by atoms with Crippen LogP contribution >= 0.6 is 0 Å². The molecule has 0 saturated carbocycles. The molecule has 0 atom stereocenters. The molecule has 1 aromatic carbocycles. The minimum absolute atomic E-state index is 0.598. The van der Waals surface area contributed by atoms with Gasteiger partial charge in [-0.3, -0.25) is 4.98 Å². The highest BCUT2D eigenvalue weighted by atomic mass is 16.4. The minimum atomic E-state index is 0.598. The van der Waals surface area contributed by atoms with Crippen LogP contribution in [0.4, 0.5) is 5.69 Å². The summed E-state index contributed by atoms with van der Waals surface area (Å²) in [5.41, 5.74) is 3.53. The zero-order valence-corrected chi connectivity index (χ0v) is 13.1. The van der Waals surface area contributed by atoms with Crippen LogP contribution in [0.5, 0.6) is 0 Å². The van der Waals surface area contributed by atoms with E-state index in [1.807, 2.05) is 42.5 Å². The van der Waals surface area contributed by atoms with E-state index in [0.717, 1.165) is 48.8 Å². The summed E-state index contributed by atoms with van der Waals surface area (Å²) in [4.78, 5) is 11.2. The molecule has 3 aromatic rings. The number of hydrogen-bond acceptors (Lipinski definition) is 5. The number of benzene rings is 1. The summed E-state index contributed by atoms with van der Waals surface area (Å²) in [7, 11) is 0. The van der Waals surface area contributed by atoms with Crippen LogP contribution in [0.15, 0.2) is 53.1 Å². The van der Waals surface area contributed by atoms with Gasteiger partial charge in [-0.15, -0.1) is 0 Å². The molecule has 0 saturated heterocycles. The molecule has 4 rings (SSSR count). The van der Waals surface area contributed by atoms with E-state index in [-0.39, 0.29) is 0 Å². The first-order valence-electron chi connectivity index (χ1n) is 7.98. The van der Waals surface area contributed by atoms with Crippen LogP contribution in [-0.2, 0) is 12.8 Å². The number of fused-ring (bicyclic) bond motifs is 1. The van der Waals surface area contributed by atoms with Crippen molar-refractivity contribution in [3.63, 3.8) is 0 Å². The first kappa shape index (κ1) is 14.5. The van der Waals surface area contributed by atoms with Crippen molar-refractivity contribution in [1.29, 1.82) is 5.26 Å². The predicted octanol–water partition coefficient (Wildman–Crippen LogP) is 3.21. The van der Waals surface area contributed by atoms with Crippen molar-refractivity contribution in [3.8, 4) is 17.7 Å². The summed E-state index contributed by atoms with van der Waals surface area (Å²) >= 11 is 0. The molecule has 1 aliphatic rings. The second kappa shape index (κ2) is 6.17. The summed E-state index contributed by atoms with van der Waals surface area (Å²) in [6, 6.07) is 15.6. The minimum Gasteiger partial charge on any atom is -0.440 e. The average molecular weight is 316 g/mol. The summed E-state index contributed by atoms with van der Waals surface area (Å²) in [5, 5.41) is 9.06. The standard InChI is InChI=1S/C19H16N4O/c20-13-14-4-3-5-15(12-14)23-10-7-16-18(8-11-23)24-19(22-16)17-6-1-2-9-21-17/h1-6,9,12H,7-8,10-11H2. The Balaban J connectivity index is 1.55. The molecule has 5 heteroatoms. The maximum atomic E-state index is 9.06. The lowest BCUT2D eigenvalue weighted by Crippen LogP contribution is -2.26. The molecule has 0 radical (unpaired) electrons. The fourth-order valence-corrected chi connectivity index (χ4v) is 2.99. The number of oxazole rings is 1. The van der Waals surface area contributed by atoms with Gasteiger partial charge in [0.2, 0.25) is 5.89 Å². The van der Waals surface area contributed by atoms with Crippen molar-refractivity contribution < 1.29 is 4.42 Å². The summed E-state index contributed by atoms with van der Waals surface area (Å²) < 4.78 is 5.95. The Kier molecular flexibility index (Phi) is 3.72. The largest absolute Gasteiger partial charge is 0.440 e. The molecule has 3 heterocycles. The van der Waals surface area contributed by atoms with E-state index in [4.69, 9.17) is 9.68 Å². The molecular formula is C19H16N4O. The number of aromatic nitrogens is 2. The lowest BCUT2D eigenvalue weighted by Gasteiger charge is -2.22. The number of rotatable bonds is 2. The number of nitrogens with zero attached hydrogens (tertiary/aromatic N) is 4. The molecule has 0 fully saturated rings. The monoisotopic (exact) mass is 316 g/mol. The van der Waals surface area contributed by atoms with Crippen LogP contribution in [0.25, 0.3) is 11.6 Å². The Morgan fingerprint density at radius 1 is 1.08 bits per heavy atom. The van der Waals surface area contributed by atoms with Crippen molar-refractivity contribution in [2.24, 2.45) is 0 Å². The van der Waals surface area contributed by atoms with Crippen LogP contribution in [0.2, 0.25) is 0 Å². The fourth-order valence-electron chi connectivity index (χ4n) is 2.99. The van der Waals surface area contributed by atoms with Gasteiger partial charge in [-0.25, -0.2) is 4.98 Å². The Morgan fingerprint density at radius 2 is 2.00 bits per heavy atom. The zero-order valence-electron chi connectivity index (χ0n) is 13.1. The third-order valence-corrected chi connectivity index (χ3v) is 4.23. The lowest BCUT2D eigenvalue weighted by atomic mass is 10.2. The molecule has 1 aliphatic heterocycles. The normalized spacial score (nSPS) is 13.9. The van der Waals surface area contributed by atoms with E-state index >= 15 is 0 Å². The fraction of sp³-hybridized carbons (Fsp3) is 0.211.